The Labute approximate surface area is 190 Å². The van der Waals surface area contributed by atoms with Gasteiger partial charge in [-0.3, -0.25) is 4.57 Å². The molecule has 2 heterocycles. The highest BCUT2D eigenvalue weighted by atomic mass is 32.2. The van der Waals surface area contributed by atoms with Crippen LogP contribution in [-0.2, 0) is 12.3 Å². The summed E-state index contributed by atoms with van der Waals surface area (Å²) < 4.78 is 8.10. The van der Waals surface area contributed by atoms with Gasteiger partial charge < -0.3 is 4.74 Å². The molecule has 0 amide bonds. The third-order valence-corrected chi connectivity index (χ3v) is 6.58. The van der Waals surface area contributed by atoms with Crippen molar-refractivity contribution < 1.29 is 4.74 Å². The molecule has 0 N–H and O–H groups in total. The lowest BCUT2D eigenvalue weighted by Crippen LogP contribution is -2.12. The zero-order chi connectivity index (χ0) is 21.6. The summed E-state index contributed by atoms with van der Waals surface area (Å²) in [6.07, 6.45) is 1.63. The van der Waals surface area contributed by atoms with Crippen molar-refractivity contribution in [2.75, 3.05) is 0 Å². The monoisotopic (exact) mass is 448 g/mol. The average molecular weight is 449 g/mol. The summed E-state index contributed by atoms with van der Waals surface area (Å²) >= 11 is 3.30. The Kier molecular flexibility index (Phi) is 6.84. The van der Waals surface area contributed by atoms with Crippen LogP contribution in [0.1, 0.15) is 30.1 Å². The van der Waals surface area contributed by atoms with E-state index in [1.807, 2.05) is 43.3 Å². The molecule has 0 radical (unpaired) electrons. The van der Waals surface area contributed by atoms with Crippen molar-refractivity contribution in [3.63, 3.8) is 0 Å². The Morgan fingerprint density at radius 3 is 2.77 bits per heavy atom. The summed E-state index contributed by atoms with van der Waals surface area (Å²) in [5, 5.41) is 12.8. The second-order valence-corrected chi connectivity index (χ2v) is 8.92. The molecule has 0 bridgehead atoms. The molecule has 2 aromatic carbocycles. The number of nitrogens with zero attached hydrogens (tertiary/aromatic N) is 4. The Bertz CT molecular complexity index is 1150. The van der Waals surface area contributed by atoms with Crippen LogP contribution in [0.25, 0.3) is 10.6 Å². The van der Waals surface area contributed by atoms with Crippen LogP contribution in [-0.4, -0.2) is 19.7 Å². The number of hydrogen-bond donors (Lipinski definition) is 0. The number of thiazole rings is 1. The maximum atomic E-state index is 6.05. The van der Waals surface area contributed by atoms with Gasteiger partial charge in [0, 0.05) is 23.2 Å². The Morgan fingerprint density at radius 1 is 1.16 bits per heavy atom. The number of rotatable bonds is 9. The van der Waals surface area contributed by atoms with Crippen molar-refractivity contribution in [1.82, 2.24) is 19.7 Å². The van der Waals surface area contributed by atoms with Crippen molar-refractivity contribution in [2.45, 2.75) is 37.4 Å². The first-order chi connectivity index (χ1) is 15.1. The molecule has 4 aromatic rings. The molecule has 31 heavy (non-hydrogen) atoms. The van der Waals surface area contributed by atoms with E-state index >= 15 is 0 Å². The van der Waals surface area contributed by atoms with E-state index in [4.69, 9.17) is 9.72 Å². The molecule has 4 rings (SSSR count). The van der Waals surface area contributed by atoms with Crippen LogP contribution in [0.15, 0.2) is 77.8 Å². The molecule has 1 atom stereocenters. The normalized spacial score (nSPS) is 11.9. The van der Waals surface area contributed by atoms with E-state index in [1.165, 1.54) is 5.56 Å². The number of ether oxygens (including phenoxy) is 1. The molecule has 1 unspecified atom stereocenters. The minimum Gasteiger partial charge on any atom is -0.483 e. The van der Waals surface area contributed by atoms with Gasteiger partial charge in [0.05, 0.1) is 5.69 Å². The van der Waals surface area contributed by atoms with Crippen LogP contribution in [0.5, 0.6) is 5.75 Å². The lowest BCUT2D eigenvalue weighted by Gasteiger charge is -2.15. The van der Waals surface area contributed by atoms with Crippen LogP contribution in [0.3, 0.4) is 0 Å². The lowest BCUT2D eigenvalue weighted by molar-refractivity contribution is 0.210. The maximum absolute atomic E-state index is 6.05. The van der Waals surface area contributed by atoms with Crippen molar-refractivity contribution in [2.24, 2.45) is 0 Å². The quantitative estimate of drug-likeness (QED) is 0.221. The second-order valence-electron chi connectivity index (χ2n) is 7.12. The number of para-hydroxylation sites is 1. The zero-order valence-electron chi connectivity index (χ0n) is 17.6. The summed E-state index contributed by atoms with van der Waals surface area (Å²) in [6.45, 7) is 8.59. The fourth-order valence-electron chi connectivity index (χ4n) is 3.19. The minimum absolute atomic E-state index is 0.226. The molecule has 0 saturated carbocycles. The van der Waals surface area contributed by atoms with Gasteiger partial charge in [0.2, 0.25) is 0 Å². The second kappa shape index (κ2) is 9.94. The van der Waals surface area contributed by atoms with Gasteiger partial charge in [-0.2, -0.15) is 0 Å². The Hall–Kier alpha value is -2.90. The van der Waals surface area contributed by atoms with Gasteiger partial charge in [-0.25, -0.2) is 4.98 Å². The number of aromatic nitrogens is 4. The minimum atomic E-state index is -0.226. The molecule has 158 valence electrons. The number of allylic oxidation sites excluding steroid dienone is 1. The molecule has 2 aromatic heterocycles. The van der Waals surface area contributed by atoms with E-state index in [2.05, 4.69) is 57.9 Å². The zero-order valence-corrected chi connectivity index (χ0v) is 19.2. The molecule has 0 aliphatic carbocycles. The summed E-state index contributed by atoms with van der Waals surface area (Å²) in [7, 11) is 0. The summed E-state index contributed by atoms with van der Waals surface area (Å²) in [5.41, 5.74) is 3.43. The van der Waals surface area contributed by atoms with E-state index in [9.17, 15) is 0 Å². The highest BCUT2D eigenvalue weighted by Crippen LogP contribution is 2.29. The van der Waals surface area contributed by atoms with Gasteiger partial charge in [0.25, 0.3) is 0 Å². The maximum Gasteiger partial charge on any atom is 0.192 e. The molecular weight excluding hydrogens is 424 g/mol. The van der Waals surface area contributed by atoms with Crippen LogP contribution in [0.2, 0.25) is 0 Å². The standard InChI is InChI=1S/C24H24N4OS2/c1-4-13-28-22(18(3)29-21-11-6-5-7-12-21)26-27-24(28)31-16-20-15-30-23(25-20)19-10-8-9-17(2)14-19/h4-12,14-15,18H,1,13,16H2,2-3H3. The predicted octanol–water partition coefficient (Wildman–Crippen LogP) is 6.33. The van der Waals surface area contributed by atoms with Crippen molar-refractivity contribution >= 4 is 23.1 Å². The Morgan fingerprint density at radius 2 is 2.00 bits per heavy atom. The highest BCUT2D eigenvalue weighted by Gasteiger charge is 2.19. The first-order valence-electron chi connectivity index (χ1n) is 10.0. The van der Waals surface area contributed by atoms with Gasteiger partial charge in [0.15, 0.2) is 17.1 Å². The number of benzene rings is 2. The van der Waals surface area contributed by atoms with E-state index in [-0.39, 0.29) is 6.10 Å². The van der Waals surface area contributed by atoms with Gasteiger partial charge >= 0.3 is 0 Å². The van der Waals surface area contributed by atoms with Crippen molar-refractivity contribution in [3.05, 3.63) is 89.7 Å². The summed E-state index contributed by atoms with van der Waals surface area (Å²) in [4.78, 5) is 4.81. The smallest absolute Gasteiger partial charge is 0.192 e. The van der Waals surface area contributed by atoms with E-state index < -0.39 is 0 Å². The summed E-state index contributed by atoms with van der Waals surface area (Å²) in [6, 6.07) is 18.2. The van der Waals surface area contributed by atoms with E-state index in [1.54, 1.807) is 23.1 Å². The topological polar surface area (TPSA) is 52.8 Å². The third-order valence-electron chi connectivity index (χ3n) is 4.64. The SMILES string of the molecule is C=CCn1c(SCc2csc(-c3cccc(C)c3)n2)nnc1C(C)Oc1ccccc1. The molecular formula is C24H24N4OS2. The molecule has 0 aliphatic heterocycles. The average Bonchev–Trinajstić information content (AvgIpc) is 3.40. The van der Waals surface area contributed by atoms with E-state index in [0.29, 0.717) is 6.54 Å². The fraction of sp³-hybridized carbons (Fsp3) is 0.208. The van der Waals surface area contributed by atoms with Crippen LogP contribution >= 0.6 is 23.1 Å². The van der Waals surface area contributed by atoms with Crippen molar-refractivity contribution in [1.29, 1.82) is 0 Å². The van der Waals surface area contributed by atoms with Crippen LogP contribution in [0, 0.1) is 6.92 Å². The third kappa shape index (κ3) is 5.24. The lowest BCUT2D eigenvalue weighted by atomic mass is 10.1. The predicted molar refractivity (Wildman–Crippen MR) is 128 cm³/mol. The molecule has 7 heteroatoms. The number of aryl methyl sites for hydroxylation is 1. The van der Waals surface area contributed by atoms with Gasteiger partial charge in [0.1, 0.15) is 10.8 Å². The molecule has 0 fully saturated rings. The molecule has 0 spiro atoms. The first-order valence-corrected chi connectivity index (χ1v) is 11.9. The molecule has 5 nitrogen and oxygen atoms in total. The molecule has 0 saturated heterocycles. The van der Waals surface area contributed by atoms with Gasteiger partial charge in [-0.05, 0) is 32.0 Å². The highest BCUT2D eigenvalue weighted by molar-refractivity contribution is 7.98. The van der Waals surface area contributed by atoms with Crippen LogP contribution < -0.4 is 4.74 Å². The van der Waals surface area contributed by atoms with Gasteiger partial charge in [-0.1, -0.05) is 59.8 Å². The summed E-state index contributed by atoms with van der Waals surface area (Å²) in [5.74, 6) is 2.32. The first kappa shape index (κ1) is 21.3. The van der Waals surface area contributed by atoms with Crippen LogP contribution in [0.4, 0.5) is 0 Å². The largest absolute Gasteiger partial charge is 0.483 e. The molecule has 0 aliphatic rings. The number of thioether (sulfide) groups is 1. The van der Waals surface area contributed by atoms with Gasteiger partial charge in [-0.15, -0.1) is 28.1 Å². The van der Waals surface area contributed by atoms with Crippen molar-refractivity contribution in [3.8, 4) is 16.3 Å². The fourth-order valence-corrected chi connectivity index (χ4v) is 4.96. The Balaban J connectivity index is 1.47. The van der Waals surface area contributed by atoms with E-state index in [0.717, 1.165) is 38.7 Å². The number of hydrogen-bond acceptors (Lipinski definition) is 6.